The van der Waals surface area contributed by atoms with Crippen molar-refractivity contribution in [2.45, 2.75) is 5.41 Å². The predicted octanol–water partition coefficient (Wildman–Crippen LogP) is 20.9. The first kappa shape index (κ1) is 44.4. The molecule has 0 aliphatic heterocycles. The molecule has 1 nitrogen and oxygen atoms in total. The summed E-state index contributed by atoms with van der Waals surface area (Å²) in [5.74, 6) is 0. The molecule has 15 rings (SSSR count). The Morgan fingerprint density at radius 3 is 1.20 bits per heavy atom. The van der Waals surface area contributed by atoms with Crippen LogP contribution in [0.5, 0.6) is 0 Å². The first-order valence-electron chi connectivity index (χ1n) is 26.1. The molecule has 1 aliphatic carbocycles. The molecule has 2 heterocycles. The van der Waals surface area contributed by atoms with Crippen molar-refractivity contribution in [1.29, 1.82) is 0 Å². The van der Waals surface area contributed by atoms with Crippen molar-refractivity contribution in [3.05, 3.63) is 307 Å². The fourth-order valence-corrected chi connectivity index (χ4v) is 14.8. The fraction of sp³-hybridized carbons (Fsp3) is 0.0137. The van der Waals surface area contributed by atoms with Crippen LogP contribution in [0, 0.1) is 0 Å². The number of nitrogens with zero attached hydrogens (tertiary/aromatic N) is 1. The van der Waals surface area contributed by atoms with E-state index in [4.69, 9.17) is 0 Å². The van der Waals surface area contributed by atoms with Crippen molar-refractivity contribution in [2.75, 3.05) is 4.90 Å². The van der Waals surface area contributed by atoms with Gasteiger partial charge in [0.2, 0.25) is 0 Å². The maximum atomic E-state index is 2.40. The Morgan fingerprint density at radius 2 is 0.632 bits per heavy atom. The molecule has 0 saturated carbocycles. The minimum atomic E-state index is -0.515. The highest BCUT2D eigenvalue weighted by molar-refractivity contribution is 7.26. The lowest BCUT2D eigenvalue weighted by Gasteiger charge is -2.34. The van der Waals surface area contributed by atoms with Crippen LogP contribution in [-0.4, -0.2) is 0 Å². The van der Waals surface area contributed by atoms with Gasteiger partial charge in [-0.2, -0.15) is 0 Å². The lowest BCUT2D eigenvalue weighted by Crippen LogP contribution is -2.28. The zero-order chi connectivity index (χ0) is 50.2. The van der Waals surface area contributed by atoms with Crippen LogP contribution in [0.2, 0.25) is 0 Å². The molecule has 0 saturated heterocycles. The van der Waals surface area contributed by atoms with Gasteiger partial charge in [-0.05, 0) is 126 Å². The Hall–Kier alpha value is -9.12. The Kier molecular flexibility index (Phi) is 10.6. The second-order valence-electron chi connectivity index (χ2n) is 19.9. The number of hydrogen-bond donors (Lipinski definition) is 0. The number of hydrogen-bond acceptors (Lipinski definition) is 3. The van der Waals surface area contributed by atoms with Crippen LogP contribution < -0.4 is 4.90 Å². The summed E-state index contributed by atoms with van der Waals surface area (Å²) in [7, 11) is 0. The normalized spacial score (nSPS) is 13.8. The standard InChI is InChI=1S/C73H47NS2/c1-3-16-48(17-4-1)49-32-40-54(41-33-49)73(53-18-5-2-6-19-53)66-28-10-7-22-65(66)70-58(23-15-29-67(70)73)50-34-42-55(43-35-50)74(56-44-36-51(37-45-56)59-24-13-26-63-61-20-8-11-30-68(61)75-71(59)63)57-46-38-52(39-47-57)60-25-14-27-64-62-21-9-12-31-69(62)76-72(60)64/h1-47H. The van der Waals surface area contributed by atoms with Crippen LogP contribution in [0.4, 0.5) is 17.1 Å². The van der Waals surface area contributed by atoms with Gasteiger partial charge >= 0.3 is 0 Å². The average molecular weight is 1000 g/mol. The van der Waals surface area contributed by atoms with Crippen molar-refractivity contribution in [3.63, 3.8) is 0 Å². The summed E-state index contributed by atoms with van der Waals surface area (Å²) < 4.78 is 5.28. The Bertz CT molecular complexity index is 4320. The molecule has 0 amide bonds. The van der Waals surface area contributed by atoms with Crippen LogP contribution in [0.1, 0.15) is 22.3 Å². The Balaban J connectivity index is 0.848. The van der Waals surface area contributed by atoms with E-state index in [1.165, 1.54) is 118 Å². The fourth-order valence-electron chi connectivity index (χ4n) is 12.4. The first-order valence-corrected chi connectivity index (χ1v) is 27.7. The Labute approximate surface area is 450 Å². The summed E-state index contributed by atoms with van der Waals surface area (Å²) in [5.41, 5.74) is 20.2. The molecule has 0 spiro atoms. The van der Waals surface area contributed by atoms with Gasteiger partial charge in [0.25, 0.3) is 0 Å². The quantitative estimate of drug-likeness (QED) is 0.139. The smallest absolute Gasteiger partial charge is 0.0713 e. The van der Waals surface area contributed by atoms with Crippen molar-refractivity contribution >= 4 is 80.1 Å². The molecule has 76 heavy (non-hydrogen) atoms. The third-order valence-electron chi connectivity index (χ3n) is 15.8. The average Bonchev–Trinajstić information content (AvgIpc) is 4.22. The number of fused-ring (bicyclic) bond motifs is 9. The molecule has 3 heteroatoms. The van der Waals surface area contributed by atoms with E-state index >= 15 is 0 Å². The molecular weight excluding hydrogens is 955 g/mol. The SMILES string of the molecule is c1ccc(-c2ccc(C3(c4ccccc4)c4ccccc4-c4c(-c5ccc(N(c6ccc(-c7cccc8c7sc7ccccc78)cc6)c6ccc(-c7cccc8c7sc7ccccc78)cc6)cc5)cccc43)cc2)cc1. The number of anilines is 3. The van der Waals surface area contributed by atoms with Gasteiger partial charge in [0.15, 0.2) is 0 Å². The molecule has 1 unspecified atom stereocenters. The topological polar surface area (TPSA) is 3.24 Å². The highest BCUT2D eigenvalue weighted by atomic mass is 32.1. The molecule has 0 fully saturated rings. The molecule has 0 N–H and O–H groups in total. The van der Waals surface area contributed by atoms with E-state index in [0.29, 0.717) is 0 Å². The molecule has 12 aromatic carbocycles. The molecule has 356 valence electrons. The van der Waals surface area contributed by atoms with Crippen LogP contribution in [0.3, 0.4) is 0 Å². The first-order chi connectivity index (χ1) is 37.7. The van der Waals surface area contributed by atoms with E-state index in [9.17, 15) is 0 Å². The Morgan fingerprint density at radius 1 is 0.250 bits per heavy atom. The van der Waals surface area contributed by atoms with Gasteiger partial charge in [-0.3, -0.25) is 0 Å². The van der Waals surface area contributed by atoms with Gasteiger partial charge in [0.05, 0.1) is 5.41 Å². The van der Waals surface area contributed by atoms with Crippen molar-refractivity contribution in [2.24, 2.45) is 0 Å². The maximum Gasteiger partial charge on any atom is 0.0713 e. The monoisotopic (exact) mass is 1000 g/mol. The molecule has 1 aliphatic rings. The number of benzene rings is 12. The lowest BCUT2D eigenvalue weighted by molar-refractivity contribution is 0.769. The van der Waals surface area contributed by atoms with Crippen LogP contribution in [-0.2, 0) is 5.41 Å². The minimum absolute atomic E-state index is 0.515. The molecular formula is C73H47NS2. The van der Waals surface area contributed by atoms with E-state index in [0.717, 1.165) is 17.1 Å². The summed E-state index contributed by atoms with van der Waals surface area (Å²) >= 11 is 3.76. The van der Waals surface area contributed by atoms with Gasteiger partial charge in [-0.15, -0.1) is 22.7 Å². The van der Waals surface area contributed by atoms with Crippen LogP contribution in [0.15, 0.2) is 285 Å². The van der Waals surface area contributed by atoms with Crippen LogP contribution >= 0.6 is 22.7 Å². The summed E-state index contributed by atoms with van der Waals surface area (Å²) in [6, 6.07) is 106. The van der Waals surface area contributed by atoms with Gasteiger partial charge in [-0.1, -0.05) is 237 Å². The molecule has 14 aromatic rings. The summed E-state index contributed by atoms with van der Waals surface area (Å²) in [6.45, 7) is 0. The van der Waals surface area contributed by atoms with Gasteiger partial charge in [-0.25, -0.2) is 0 Å². The van der Waals surface area contributed by atoms with E-state index < -0.39 is 5.41 Å². The van der Waals surface area contributed by atoms with Gasteiger partial charge in [0, 0.05) is 57.4 Å². The number of rotatable bonds is 9. The van der Waals surface area contributed by atoms with E-state index in [1.54, 1.807) is 0 Å². The second-order valence-corrected chi connectivity index (χ2v) is 22.0. The minimum Gasteiger partial charge on any atom is -0.311 e. The maximum absolute atomic E-state index is 2.40. The molecule has 1 atom stereocenters. The predicted molar refractivity (Wildman–Crippen MR) is 326 cm³/mol. The van der Waals surface area contributed by atoms with E-state index in [1.807, 2.05) is 22.7 Å². The van der Waals surface area contributed by atoms with Gasteiger partial charge < -0.3 is 4.90 Å². The zero-order valence-electron chi connectivity index (χ0n) is 41.4. The van der Waals surface area contributed by atoms with Crippen molar-refractivity contribution in [3.8, 4) is 55.6 Å². The zero-order valence-corrected chi connectivity index (χ0v) is 43.0. The third-order valence-corrected chi connectivity index (χ3v) is 18.3. The largest absolute Gasteiger partial charge is 0.311 e. The molecule has 0 radical (unpaired) electrons. The third kappa shape index (κ3) is 7.04. The van der Waals surface area contributed by atoms with Gasteiger partial charge in [0.1, 0.15) is 0 Å². The number of thiophene rings is 2. The summed E-state index contributed by atoms with van der Waals surface area (Å²) in [4.78, 5) is 2.40. The highest BCUT2D eigenvalue weighted by Gasteiger charge is 2.46. The lowest BCUT2D eigenvalue weighted by atomic mass is 9.67. The molecule has 0 bridgehead atoms. The van der Waals surface area contributed by atoms with E-state index in [2.05, 4.69) is 290 Å². The van der Waals surface area contributed by atoms with Crippen molar-refractivity contribution in [1.82, 2.24) is 0 Å². The van der Waals surface area contributed by atoms with Crippen molar-refractivity contribution < 1.29 is 0 Å². The summed E-state index contributed by atoms with van der Waals surface area (Å²) in [6.07, 6.45) is 0. The van der Waals surface area contributed by atoms with E-state index in [-0.39, 0.29) is 0 Å². The van der Waals surface area contributed by atoms with Crippen LogP contribution in [0.25, 0.3) is 96.0 Å². The second kappa shape index (κ2) is 18.1. The molecule has 2 aromatic heterocycles. The summed E-state index contributed by atoms with van der Waals surface area (Å²) in [5, 5.41) is 5.26. The highest BCUT2D eigenvalue weighted by Crippen LogP contribution is 2.58.